The Kier molecular flexibility index (Phi) is 5.90. The molecule has 0 bridgehead atoms. The molecule has 1 heterocycles. The molecule has 1 aromatic carbocycles. The number of aliphatic hydroxyl groups is 1. The first-order valence-corrected chi connectivity index (χ1v) is 7.54. The van der Waals surface area contributed by atoms with Crippen molar-refractivity contribution in [1.29, 1.82) is 0 Å². The van der Waals surface area contributed by atoms with Crippen LogP contribution in [0.3, 0.4) is 0 Å². The Morgan fingerprint density at radius 1 is 1.05 bits per heavy atom. The number of aromatic nitrogens is 1. The zero-order valence-corrected chi connectivity index (χ0v) is 12.7. The quantitative estimate of drug-likeness (QED) is 0.821. The van der Waals surface area contributed by atoms with Gasteiger partial charge in [0, 0.05) is 6.20 Å². The molecule has 0 saturated carbocycles. The van der Waals surface area contributed by atoms with E-state index in [0.29, 0.717) is 5.92 Å². The third-order valence-electron chi connectivity index (χ3n) is 3.53. The summed E-state index contributed by atoms with van der Waals surface area (Å²) >= 11 is 0. The molecule has 2 N–H and O–H groups in total. The van der Waals surface area contributed by atoms with Gasteiger partial charge >= 0.3 is 0 Å². The summed E-state index contributed by atoms with van der Waals surface area (Å²) < 4.78 is 0. The van der Waals surface area contributed by atoms with Crippen LogP contribution in [-0.2, 0) is 0 Å². The van der Waals surface area contributed by atoms with Crippen LogP contribution >= 0.6 is 0 Å². The van der Waals surface area contributed by atoms with E-state index in [-0.39, 0.29) is 12.1 Å². The van der Waals surface area contributed by atoms with Gasteiger partial charge < -0.3 is 10.4 Å². The van der Waals surface area contributed by atoms with Gasteiger partial charge in [-0.2, -0.15) is 0 Å². The fraction of sp³-hybridized carbons (Fsp3) is 0.389. The summed E-state index contributed by atoms with van der Waals surface area (Å²) in [5, 5.41) is 13.1. The van der Waals surface area contributed by atoms with Crippen LogP contribution in [0.1, 0.15) is 37.6 Å². The number of rotatable bonds is 7. The lowest BCUT2D eigenvalue weighted by atomic mass is 10.0. The molecule has 112 valence electrons. The van der Waals surface area contributed by atoms with Crippen LogP contribution in [0.25, 0.3) is 0 Å². The van der Waals surface area contributed by atoms with Gasteiger partial charge in [0.15, 0.2) is 0 Å². The standard InChI is InChI=1S/C18H24N2O/c1-14(12-15(2)21)13-20-18(16-8-4-3-5-9-16)17-10-6-7-11-19-17/h3-11,14-15,18,20-21H,12-13H2,1-2H3. The summed E-state index contributed by atoms with van der Waals surface area (Å²) in [7, 11) is 0. The largest absolute Gasteiger partial charge is 0.393 e. The zero-order chi connectivity index (χ0) is 15.1. The lowest BCUT2D eigenvalue weighted by Gasteiger charge is -2.22. The second-order valence-corrected chi connectivity index (χ2v) is 5.70. The Morgan fingerprint density at radius 2 is 1.76 bits per heavy atom. The summed E-state index contributed by atoms with van der Waals surface area (Å²) in [6.45, 7) is 4.84. The van der Waals surface area contributed by atoms with Crippen molar-refractivity contribution in [2.45, 2.75) is 32.4 Å². The van der Waals surface area contributed by atoms with E-state index in [0.717, 1.165) is 18.7 Å². The van der Waals surface area contributed by atoms with Crippen LogP contribution < -0.4 is 5.32 Å². The van der Waals surface area contributed by atoms with Crippen molar-refractivity contribution in [3.05, 3.63) is 66.0 Å². The molecule has 0 spiro atoms. The number of hydrogen-bond acceptors (Lipinski definition) is 3. The molecular formula is C18H24N2O. The van der Waals surface area contributed by atoms with E-state index in [1.165, 1.54) is 5.56 Å². The van der Waals surface area contributed by atoms with Crippen LogP contribution in [0.5, 0.6) is 0 Å². The van der Waals surface area contributed by atoms with Crippen LogP contribution in [0.2, 0.25) is 0 Å². The minimum absolute atomic E-state index is 0.0869. The Bertz CT molecular complexity index is 474. The third-order valence-corrected chi connectivity index (χ3v) is 3.53. The van der Waals surface area contributed by atoms with Gasteiger partial charge in [0.1, 0.15) is 0 Å². The average molecular weight is 284 g/mol. The van der Waals surface area contributed by atoms with Crippen molar-refractivity contribution in [2.75, 3.05) is 6.54 Å². The molecule has 2 rings (SSSR count). The number of hydrogen-bond donors (Lipinski definition) is 2. The summed E-state index contributed by atoms with van der Waals surface area (Å²) in [6, 6.07) is 16.4. The van der Waals surface area contributed by atoms with Crippen molar-refractivity contribution in [1.82, 2.24) is 10.3 Å². The van der Waals surface area contributed by atoms with Crippen LogP contribution in [0.4, 0.5) is 0 Å². The number of aliphatic hydroxyl groups excluding tert-OH is 1. The van der Waals surface area contributed by atoms with E-state index in [1.54, 1.807) is 0 Å². The number of nitrogens with zero attached hydrogens (tertiary/aromatic N) is 1. The average Bonchev–Trinajstić information content (AvgIpc) is 2.49. The van der Waals surface area contributed by atoms with E-state index in [2.05, 4.69) is 29.4 Å². The van der Waals surface area contributed by atoms with Gasteiger partial charge in [-0.25, -0.2) is 0 Å². The van der Waals surface area contributed by atoms with Gasteiger partial charge in [0.2, 0.25) is 0 Å². The highest BCUT2D eigenvalue weighted by Gasteiger charge is 2.16. The highest BCUT2D eigenvalue weighted by Crippen LogP contribution is 2.20. The second-order valence-electron chi connectivity index (χ2n) is 5.70. The summed E-state index contributed by atoms with van der Waals surface area (Å²) in [5.41, 5.74) is 2.23. The fourth-order valence-corrected chi connectivity index (χ4v) is 2.57. The first kappa shape index (κ1) is 15.7. The van der Waals surface area contributed by atoms with Gasteiger partial charge in [0.05, 0.1) is 17.8 Å². The molecule has 0 saturated heterocycles. The first-order chi connectivity index (χ1) is 10.2. The molecule has 0 radical (unpaired) electrons. The lowest BCUT2D eigenvalue weighted by Crippen LogP contribution is -2.29. The topological polar surface area (TPSA) is 45.1 Å². The number of nitrogens with one attached hydrogen (secondary N) is 1. The maximum atomic E-state index is 9.48. The molecule has 3 unspecified atom stereocenters. The molecule has 3 nitrogen and oxygen atoms in total. The molecule has 3 atom stereocenters. The van der Waals surface area contributed by atoms with Gasteiger partial charge in [-0.1, -0.05) is 43.3 Å². The van der Waals surface area contributed by atoms with E-state index in [4.69, 9.17) is 0 Å². The Labute approximate surface area is 127 Å². The van der Waals surface area contributed by atoms with E-state index in [1.807, 2.05) is 49.5 Å². The van der Waals surface area contributed by atoms with Crippen molar-refractivity contribution in [3.63, 3.8) is 0 Å². The minimum Gasteiger partial charge on any atom is -0.393 e. The predicted molar refractivity (Wildman–Crippen MR) is 86.0 cm³/mol. The maximum Gasteiger partial charge on any atom is 0.0751 e. The van der Waals surface area contributed by atoms with Crippen molar-refractivity contribution in [3.8, 4) is 0 Å². The van der Waals surface area contributed by atoms with Crippen LogP contribution in [0, 0.1) is 5.92 Å². The summed E-state index contributed by atoms with van der Waals surface area (Å²) in [6.07, 6.45) is 2.37. The Hall–Kier alpha value is -1.71. The van der Waals surface area contributed by atoms with E-state index in [9.17, 15) is 5.11 Å². The monoisotopic (exact) mass is 284 g/mol. The van der Waals surface area contributed by atoms with E-state index < -0.39 is 0 Å². The molecule has 0 aliphatic rings. The minimum atomic E-state index is -0.258. The Balaban J connectivity index is 2.10. The summed E-state index contributed by atoms with van der Waals surface area (Å²) in [4.78, 5) is 4.48. The van der Waals surface area contributed by atoms with Crippen molar-refractivity contribution >= 4 is 0 Å². The summed E-state index contributed by atoms with van der Waals surface area (Å²) in [5.74, 6) is 0.417. The number of pyridine rings is 1. The highest BCUT2D eigenvalue weighted by molar-refractivity contribution is 5.27. The molecule has 0 aliphatic carbocycles. The molecule has 3 heteroatoms. The molecule has 1 aromatic heterocycles. The van der Waals surface area contributed by atoms with Gasteiger partial charge in [-0.3, -0.25) is 4.98 Å². The van der Waals surface area contributed by atoms with Crippen LogP contribution in [-0.4, -0.2) is 22.7 Å². The highest BCUT2D eigenvalue weighted by atomic mass is 16.3. The predicted octanol–water partition coefficient (Wildman–Crippen LogP) is 3.17. The normalized spacial score (nSPS) is 15.4. The van der Waals surface area contributed by atoms with Crippen molar-refractivity contribution in [2.24, 2.45) is 5.92 Å². The molecular weight excluding hydrogens is 260 g/mol. The second kappa shape index (κ2) is 7.91. The fourth-order valence-electron chi connectivity index (χ4n) is 2.57. The van der Waals surface area contributed by atoms with Gasteiger partial charge in [0.25, 0.3) is 0 Å². The molecule has 0 aliphatic heterocycles. The molecule has 0 amide bonds. The SMILES string of the molecule is CC(O)CC(C)CNC(c1ccccc1)c1ccccn1. The zero-order valence-electron chi connectivity index (χ0n) is 12.7. The molecule has 2 aromatic rings. The number of benzene rings is 1. The maximum absolute atomic E-state index is 9.48. The third kappa shape index (κ3) is 4.96. The molecule has 21 heavy (non-hydrogen) atoms. The van der Waals surface area contributed by atoms with Crippen LogP contribution in [0.15, 0.2) is 54.7 Å². The van der Waals surface area contributed by atoms with Crippen molar-refractivity contribution < 1.29 is 5.11 Å². The first-order valence-electron chi connectivity index (χ1n) is 7.54. The molecule has 0 fully saturated rings. The lowest BCUT2D eigenvalue weighted by molar-refractivity contribution is 0.163. The van der Waals surface area contributed by atoms with Gasteiger partial charge in [-0.15, -0.1) is 0 Å². The Morgan fingerprint density at radius 3 is 2.38 bits per heavy atom. The van der Waals surface area contributed by atoms with E-state index >= 15 is 0 Å². The van der Waals surface area contributed by atoms with Gasteiger partial charge in [-0.05, 0) is 43.5 Å². The smallest absolute Gasteiger partial charge is 0.0751 e.